The maximum absolute atomic E-state index is 13.2. The first kappa shape index (κ1) is 11.8. The zero-order chi connectivity index (χ0) is 11.4. The fourth-order valence-electron chi connectivity index (χ4n) is 1.28. The van der Waals surface area contributed by atoms with E-state index in [9.17, 15) is 13.2 Å². The second-order valence-corrected chi connectivity index (χ2v) is 3.24. The Morgan fingerprint density at radius 3 is 2.53 bits per heavy atom. The lowest BCUT2D eigenvalue weighted by atomic mass is 10.0. The predicted molar refractivity (Wildman–Crippen MR) is 52.7 cm³/mol. The minimum Gasteiger partial charge on any atom is -0.324 e. The van der Waals surface area contributed by atoms with E-state index >= 15 is 0 Å². The van der Waals surface area contributed by atoms with Crippen LogP contribution in [-0.2, 0) is 0 Å². The molecule has 1 rings (SSSR count). The minimum atomic E-state index is -1.47. The van der Waals surface area contributed by atoms with Gasteiger partial charge in [-0.1, -0.05) is 12.1 Å². The van der Waals surface area contributed by atoms with Crippen molar-refractivity contribution in [1.29, 1.82) is 0 Å². The SMILES string of the molecule is C=CCCC(N)c1ccc(F)c(F)c1F. The Bertz CT molecular complexity index is 363. The molecule has 2 N–H and O–H groups in total. The quantitative estimate of drug-likeness (QED) is 0.606. The Morgan fingerprint density at radius 1 is 1.27 bits per heavy atom. The van der Waals surface area contributed by atoms with Gasteiger partial charge in [0.25, 0.3) is 0 Å². The van der Waals surface area contributed by atoms with Crippen LogP contribution in [0.15, 0.2) is 24.8 Å². The van der Waals surface area contributed by atoms with Gasteiger partial charge in [0.2, 0.25) is 0 Å². The topological polar surface area (TPSA) is 26.0 Å². The molecule has 1 aromatic carbocycles. The second-order valence-electron chi connectivity index (χ2n) is 3.24. The molecular weight excluding hydrogens is 203 g/mol. The summed E-state index contributed by atoms with van der Waals surface area (Å²) >= 11 is 0. The zero-order valence-corrected chi connectivity index (χ0v) is 8.14. The molecule has 0 fully saturated rings. The smallest absolute Gasteiger partial charge is 0.194 e. The minimum absolute atomic E-state index is 0.00394. The van der Waals surface area contributed by atoms with Crippen molar-refractivity contribution in [1.82, 2.24) is 0 Å². The van der Waals surface area contributed by atoms with Crippen LogP contribution in [0.3, 0.4) is 0 Å². The fraction of sp³-hybridized carbons (Fsp3) is 0.273. The third-order valence-corrected chi connectivity index (χ3v) is 2.15. The average Bonchev–Trinajstić information content (AvgIpc) is 2.23. The van der Waals surface area contributed by atoms with E-state index in [2.05, 4.69) is 6.58 Å². The predicted octanol–water partition coefficient (Wildman–Crippen LogP) is 3.07. The van der Waals surface area contributed by atoms with Crippen molar-refractivity contribution in [2.45, 2.75) is 18.9 Å². The van der Waals surface area contributed by atoms with Crippen LogP contribution in [0.4, 0.5) is 13.2 Å². The largest absolute Gasteiger partial charge is 0.324 e. The Labute approximate surface area is 86.4 Å². The van der Waals surface area contributed by atoms with Crippen LogP contribution < -0.4 is 5.73 Å². The molecule has 1 atom stereocenters. The van der Waals surface area contributed by atoms with Crippen molar-refractivity contribution in [2.75, 3.05) is 0 Å². The molecule has 0 heterocycles. The number of allylic oxidation sites excluding steroid dienone is 1. The Balaban J connectivity index is 2.94. The first-order valence-electron chi connectivity index (χ1n) is 4.57. The Kier molecular flexibility index (Phi) is 3.91. The normalized spacial score (nSPS) is 12.5. The lowest BCUT2D eigenvalue weighted by molar-refractivity contribution is 0.433. The maximum Gasteiger partial charge on any atom is 0.194 e. The van der Waals surface area contributed by atoms with Crippen molar-refractivity contribution in [3.63, 3.8) is 0 Å². The number of rotatable bonds is 4. The number of hydrogen-bond donors (Lipinski definition) is 1. The van der Waals surface area contributed by atoms with Crippen LogP contribution >= 0.6 is 0 Å². The molecule has 0 amide bonds. The van der Waals surface area contributed by atoms with E-state index < -0.39 is 23.5 Å². The van der Waals surface area contributed by atoms with Crippen molar-refractivity contribution >= 4 is 0 Å². The highest BCUT2D eigenvalue weighted by Gasteiger charge is 2.17. The Hall–Kier alpha value is -1.29. The van der Waals surface area contributed by atoms with E-state index in [1.54, 1.807) is 6.08 Å². The maximum atomic E-state index is 13.2. The summed E-state index contributed by atoms with van der Waals surface area (Å²) in [6.07, 6.45) is 2.68. The van der Waals surface area contributed by atoms with Gasteiger partial charge in [-0.2, -0.15) is 0 Å². The molecule has 0 bridgehead atoms. The van der Waals surface area contributed by atoms with E-state index in [1.165, 1.54) is 6.07 Å². The van der Waals surface area contributed by atoms with Crippen molar-refractivity contribution in [3.8, 4) is 0 Å². The molecule has 0 spiro atoms. The summed E-state index contributed by atoms with van der Waals surface area (Å²) in [5.74, 6) is -3.87. The lowest BCUT2D eigenvalue weighted by Crippen LogP contribution is -2.13. The van der Waals surface area contributed by atoms with E-state index in [1.807, 2.05) is 0 Å². The highest BCUT2D eigenvalue weighted by molar-refractivity contribution is 5.23. The Morgan fingerprint density at radius 2 is 1.93 bits per heavy atom. The summed E-state index contributed by atoms with van der Waals surface area (Å²) in [5.41, 5.74) is 5.62. The number of nitrogens with two attached hydrogens (primary N) is 1. The zero-order valence-electron chi connectivity index (χ0n) is 8.14. The van der Waals surface area contributed by atoms with Gasteiger partial charge in [0.05, 0.1) is 0 Å². The van der Waals surface area contributed by atoms with Crippen LogP contribution in [-0.4, -0.2) is 0 Å². The highest BCUT2D eigenvalue weighted by Crippen LogP contribution is 2.22. The summed E-state index contributed by atoms with van der Waals surface area (Å²) < 4.78 is 38.7. The standard InChI is InChI=1S/C11H12F3N/c1-2-3-4-9(15)7-5-6-8(12)11(14)10(7)13/h2,5-6,9H,1,3-4,15H2. The van der Waals surface area contributed by atoms with E-state index in [-0.39, 0.29) is 5.56 Å². The van der Waals surface area contributed by atoms with Crippen molar-refractivity contribution in [2.24, 2.45) is 5.73 Å². The van der Waals surface area contributed by atoms with Gasteiger partial charge in [-0.05, 0) is 18.9 Å². The van der Waals surface area contributed by atoms with Crippen LogP contribution in [0, 0.1) is 17.5 Å². The summed E-state index contributed by atoms with van der Waals surface area (Å²) in [5, 5.41) is 0. The van der Waals surface area contributed by atoms with Crippen LogP contribution in [0.2, 0.25) is 0 Å². The molecule has 0 radical (unpaired) electrons. The molecule has 1 nitrogen and oxygen atoms in total. The van der Waals surface area contributed by atoms with Crippen molar-refractivity contribution < 1.29 is 13.2 Å². The molecule has 82 valence electrons. The third-order valence-electron chi connectivity index (χ3n) is 2.15. The van der Waals surface area contributed by atoms with Crippen LogP contribution in [0.1, 0.15) is 24.4 Å². The molecule has 0 aliphatic heterocycles. The van der Waals surface area contributed by atoms with Crippen LogP contribution in [0.25, 0.3) is 0 Å². The molecule has 0 aliphatic carbocycles. The molecule has 4 heteroatoms. The molecule has 15 heavy (non-hydrogen) atoms. The van der Waals surface area contributed by atoms with Gasteiger partial charge in [0.15, 0.2) is 17.5 Å². The summed E-state index contributed by atoms with van der Waals surface area (Å²) in [6.45, 7) is 3.50. The number of halogens is 3. The molecular formula is C11H12F3N. The van der Waals surface area contributed by atoms with E-state index in [4.69, 9.17) is 5.73 Å². The van der Waals surface area contributed by atoms with Gasteiger partial charge >= 0.3 is 0 Å². The first-order valence-corrected chi connectivity index (χ1v) is 4.57. The molecule has 0 saturated carbocycles. The van der Waals surface area contributed by atoms with Gasteiger partial charge in [-0.25, -0.2) is 13.2 Å². The number of benzene rings is 1. The molecule has 1 aromatic rings. The van der Waals surface area contributed by atoms with E-state index in [0.717, 1.165) is 6.07 Å². The third kappa shape index (κ3) is 2.59. The average molecular weight is 215 g/mol. The van der Waals surface area contributed by atoms with Gasteiger partial charge in [-0.3, -0.25) is 0 Å². The first-order chi connectivity index (χ1) is 7.07. The molecule has 0 aliphatic rings. The molecule has 1 unspecified atom stereocenters. The highest BCUT2D eigenvalue weighted by atomic mass is 19.2. The summed E-state index contributed by atoms with van der Waals surface area (Å²) in [4.78, 5) is 0. The van der Waals surface area contributed by atoms with Gasteiger partial charge in [0, 0.05) is 11.6 Å². The van der Waals surface area contributed by atoms with Crippen molar-refractivity contribution in [3.05, 3.63) is 47.8 Å². The van der Waals surface area contributed by atoms with Gasteiger partial charge in [0.1, 0.15) is 0 Å². The van der Waals surface area contributed by atoms with Gasteiger partial charge in [-0.15, -0.1) is 6.58 Å². The fourth-order valence-corrected chi connectivity index (χ4v) is 1.28. The lowest BCUT2D eigenvalue weighted by Gasteiger charge is -2.12. The molecule has 0 aromatic heterocycles. The van der Waals surface area contributed by atoms with E-state index in [0.29, 0.717) is 12.8 Å². The summed E-state index contributed by atoms with van der Waals surface area (Å²) in [6, 6.07) is 1.40. The molecule has 0 saturated heterocycles. The number of hydrogen-bond acceptors (Lipinski definition) is 1. The van der Waals surface area contributed by atoms with Gasteiger partial charge < -0.3 is 5.73 Å². The summed E-state index contributed by atoms with van der Waals surface area (Å²) in [7, 11) is 0. The second kappa shape index (κ2) is 4.98. The van der Waals surface area contributed by atoms with Crippen LogP contribution in [0.5, 0.6) is 0 Å². The monoisotopic (exact) mass is 215 g/mol.